The Morgan fingerprint density at radius 1 is 1.27 bits per heavy atom. The fourth-order valence-corrected chi connectivity index (χ4v) is 3.82. The number of nitrogens with zero attached hydrogens (tertiary/aromatic N) is 1. The zero-order valence-electron chi connectivity index (χ0n) is 15.1. The number of carbonyl (C=O) groups excluding carboxylic acids is 1. The van der Waals surface area contributed by atoms with Crippen molar-refractivity contribution in [1.29, 1.82) is 0 Å². The van der Waals surface area contributed by atoms with E-state index in [1.54, 1.807) is 0 Å². The van der Waals surface area contributed by atoms with Gasteiger partial charge in [-0.15, -0.1) is 0 Å². The number of nitrogens with one attached hydrogen (secondary N) is 2. The van der Waals surface area contributed by atoms with Crippen molar-refractivity contribution in [3.05, 3.63) is 35.5 Å². The second-order valence-electron chi connectivity index (χ2n) is 6.96. The first-order valence-electron chi connectivity index (χ1n) is 8.22. The number of halogens is 1. The van der Waals surface area contributed by atoms with E-state index in [1.165, 1.54) is 28.7 Å². The lowest BCUT2D eigenvalue weighted by Gasteiger charge is -2.26. The molecular weight excluding hydrogens is 378 g/mol. The van der Waals surface area contributed by atoms with Gasteiger partial charge in [-0.1, -0.05) is 38.4 Å². The fraction of sp³-hybridized carbons (Fsp3) is 0.471. The minimum Gasteiger partial charge on any atom is -0.379 e. The van der Waals surface area contributed by atoms with Gasteiger partial charge < -0.3 is 15.4 Å². The van der Waals surface area contributed by atoms with E-state index in [0.717, 1.165) is 0 Å². The topological polar surface area (TPSA) is 87.7 Å². The molecule has 2 amide bonds. The summed E-state index contributed by atoms with van der Waals surface area (Å²) in [6, 6.07) is 3.74. The number of sulfonamides is 1. The number of ether oxygens (including phenoxy) is 1. The standard InChI is InChI=1S/C17H24ClN3O4S/c1-17(2,3)6-7-19-16(22)20-15-12-13(4-5-14(15)18)26(23,24)21-8-10-25-11-9-21/h4-7,12H,8-11H2,1-3H3,(H2,19,20,22)/b7-6+. The third-order valence-corrected chi connectivity index (χ3v) is 5.82. The first-order valence-corrected chi connectivity index (χ1v) is 10.0. The van der Waals surface area contributed by atoms with Crippen LogP contribution in [0.1, 0.15) is 20.8 Å². The predicted molar refractivity (Wildman–Crippen MR) is 102 cm³/mol. The van der Waals surface area contributed by atoms with Gasteiger partial charge >= 0.3 is 6.03 Å². The van der Waals surface area contributed by atoms with Crippen LogP contribution in [0.2, 0.25) is 5.02 Å². The molecule has 0 atom stereocenters. The summed E-state index contributed by atoms with van der Waals surface area (Å²) in [5.74, 6) is 0. The van der Waals surface area contributed by atoms with E-state index in [0.29, 0.717) is 26.3 Å². The van der Waals surface area contributed by atoms with Gasteiger partial charge in [0.25, 0.3) is 0 Å². The molecule has 0 saturated carbocycles. The number of hydrogen-bond acceptors (Lipinski definition) is 4. The number of morpholine rings is 1. The molecule has 0 aliphatic carbocycles. The molecule has 1 fully saturated rings. The Hall–Kier alpha value is -1.61. The Labute approximate surface area is 159 Å². The van der Waals surface area contributed by atoms with E-state index in [-0.39, 0.29) is 21.0 Å². The number of amides is 2. The lowest BCUT2D eigenvalue weighted by molar-refractivity contribution is 0.0730. The highest BCUT2D eigenvalue weighted by Gasteiger charge is 2.27. The molecule has 1 aromatic carbocycles. The Morgan fingerprint density at radius 2 is 1.92 bits per heavy atom. The summed E-state index contributed by atoms with van der Waals surface area (Å²) in [4.78, 5) is 12.1. The first kappa shape index (κ1) is 20.7. The number of anilines is 1. The van der Waals surface area contributed by atoms with Gasteiger partial charge in [-0.2, -0.15) is 4.31 Å². The van der Waals surface area contributed by atoms with Crippen LogP contribution in [0.15, 0.2) is 35.4 Å². The van der Waals surface area contributed by atoms with Gasteiger partial charge in [-0.25, -0.2) is 13.2 Å². The maximum atomic E-state index is 12.7. The third-order valence-electron chi connectivity index (χ3n) is 3.59. The van der Waals surface area contributed by atoms with Crippen molar-refractivity contribution >= 4 is 33.3 Å². The molecule has 0 bridgehead atoms. The Morgan fingerprint density at radius 3 is 2.54 bits per heavy atom. The van der Waals surface area contributed by atoms with Gasteiger partial charge in [0.15, 0.2) is 0 Å². The van der Waals surface area contributed by atoms with Crippen LogP contribution in [0.25, 0.3) is 0 Å². The van der Waals surface area contributed by atoms with Gasteiger partial charge in [0.2, 0.25) is 10.0 Å². The molecule has 2 N–H and O–H groups in total. The number of urea groups is 1. The highest BCUT2D eigenvalue weighted by molar-refractivity contribution is 7.89. The lowest BCUT2D eigenvalue weighted by atomic mass is 9.97. The summed E-state index contributed by atoms with van der Waals surface area (Å²) in [5, 5.41) is 5.39. The van der Waals surface area contributed by atoms with Crippen molar-refractivity contribution in [2.24, 2.45) is 5.41 Å². The van der Waals surface area contributed by atoms with Crippen LogP contribution < -0.4 is 10.6 Å². The highest BCUT2D eigenvalue weighted by atomic mass is 35.5. The summed E-state index contributed by atoms with van der Waals surface area (Å²) in [6.45, 7) is 7.32. The third kappa shape index (κ3) is 5.70. The van der Waals surface area contributed by atoms with E-state index < -0.39 is 16.1 Å². The van der Waals surface area contributed by atoms with Crippen LogP contribution >= 0.6 is 11.6 Å². The molecule has 0 spiro atoms. The van der Waals surface area contributed by atoms with Crippen molar-refractivity contribution in [3.8, 4) is 0 Å². The monoisotopic (exact) mass is 401 g/mol. The second-order valence-corrected chi connectivity index (χ2v) is 9.30. The van der Waals surface area contributed by atoms with E-state index in [1.807, 2.05) is 26.8 Å². The van der Waals surface area contributed by atoms with Crippen LogP contribution in [0.4, 0.5) is 10.5 Å². The molecule has 0 aromatic heterocycles. The minimum absolute atomic E-state index is 0.0723. The molecule has 9 heteroatoms. The molecule has 0 unspecified atom stereocenters. The zero-order chi connectivity index (χ0) is 19.4. The van der Waals surface area contributed by atoms with E-state index in [9.17, 15) is 13.2 Å². The maximum Gasteiger partial charge on any atom is 0.323 e. The van der Waals surface area contributed by atoms with Crippen molar-refractivity contribution in [3.63, 3.8) is 0 Å². The van der Waals surface area contributed by atoms with E-state index in [2.05, 4.69) is 10.6 Å². The molecule has 1 saturated heterocycles. The van der Waals surface area contributed by atoms with Crippen LogP contribution in [0.5, 0.6) is 0 Å². The predicted octanol–water partition coefficient (Wildman–Crippen LogP) is 3.04. The number of allylic oxidation sites excluding steroid dienone is 1. The molecule has 26 heavy (non-hydrogen) atoms. The Bertz CT molecular complexity index is 782. The number of hydrogen-bond donors (Lipinski definition) is 2. The number of benzene rings is 1. The molecule has 7 nitrogen and oxygen atoms in total. The van der Waals surface area contributed by atoms with Crippen molar-refractivity contribution in [1.82, 2.24) is 9.62 Å². The summed E-state index contributed by atoms with van der Waals surface area (Å²) in [6.07, 6.45) is 3.38. The Kier molecular flexibility index (Phi) is 6.68. The highest BCUT2D eigenvalue weighted by Crippen LogP contribution is 2.27. The van der Waals surface area contributed by atoms with Crippen LogP contribution in [0.3, 0.4) is 0 Å². The molecule has 1 aliphatic rings. The zero-order valence-corrected chi connectivity index (χ0v) is 16.7. The summed E-state index contributed by atoms with van der Waals surface area (Å²) in [7, 11) is -3.66. The molecule has 1 aromatic rings. The van der Waals surface area contributed by atoms with Crippen LogP contribution in [-0.2, 0) is 14.8 Å². The molecule has 144 valence electrons. The minimum atomic E-state index is -3.66. The quantitative estimate of drug-likeness (QED) is 0.811. The molecule has 2 rings (SSSR count). The molecule has 1 aliphatic heterocycles. The second kappa shape index (κ2) is 8.39. The average Bonchev–Trinajstić information content (AvgIpc) is 2.56. The van der Waals surface area contributed by atoms with Gasteiger partial charge in [0.1, 0.15) is 0 Å². The van der Waals surface area contributed by atoms with Crippen LogP contribution in [0, 0.1) is 5.41 Å². The summed E-state index contributed by atoms with van der Waals surface area (Å²) >= 11 is 6.09. The van der Waals surface area contributed by atoms with E-state index >= 15 is 0 Å². The van der Waals surface area contributed by atoms with E-state index in [4.69, 9.17) is 16.3 Å². The van der Waals surface area contributed by atoms with Gasteiger partial charge in [-0.05, 0) is 23.6 Å². The maximum absolute atomic E-state index is 12.7. The smallest absolute Gasteiger partial charge is 0.323 e. The molecule has 1 heterocycles. The van der Waals surface area contributed by atoms with Crippen molar-refractivity contribution in [2.75, 3.05) is 31.6 Å². The van der Waals surface area contributed by atoms with Crippen LogP contribution in [-0.4, -0.2) is 45.1 Å². The fourth-order valence-electron chi connectivity index (χ4n) is 2.22. The van der Waals surface area contributed by atoms with Gasteiger partial charge in [-0.3, -0.25) is 0 Å². The number of rotatable bonds is 4. The first-order chi connectivity index (χ1) is 12.1. The summed E-state index contributed by atoms with van der Waals surface area (Å²) < 4.78 is 32.0. The normalized spacial score (nSPS) is 16.6. The van der Waals surface area contributed by atoms with Crippen molar-refractivity contribution in [2.45, 2.75) is 25.7 Å². The van der Waals surface area contributed by atoms with Gasteiger partial charge in [0.05, 0.1) is 28.8 Å². The average molecular weight is 402 g/mol. The molecule has 0 radical (unpaired) electrons. The number of carbonyl (C=O) groups is 1. The Balaban J connectivity index is 2.14. The SMILES string of the molecule is CC(C)(C)/C=C/NC(=O)Nc1cc(S(=O)(=O)N2CCOCC2)ccc1Cl. The summed E-state index contributed by atoms with van der Waals surface area (Å²) in [5.41, 5.74) is 0.152. The van der Waals surface area contributed by atoms with Gasteiger partial charge in [0, 0.05) is 19.3 Å². The molecular formula is C17H24ClN3O4S. The van der Waals surface area contributed by atoms with Crippen molar-refractivity contribution < 1.29 is 17.9 Å². The largest absolute Gasteiger partial charge is 0.379 e. The lowest BCUT2D eigenvalue weighted by Crippen LogP contribution is -2.40.